The van der Waals surface area contributed by atoms with Crippen LogP contribution in [0.25, 0.3) is 38.8 Å². The van der Waals surface area contributed by atoms with Crippen LogP contribution in [0.15, 0.2) is 49.1 Å². The van der Waals surface area contributed by atoms with Crippen LogP contribution in [-0.2, 0) is 12.6 Å². The summed E-state index contributed by atoms with van der Waals surface area (Å²) in [6.07, 6.45) is 1.24. The lowest BCUT2D eigenvalue weighted by Gasteiger charge is -2.12. The van der Waals surface area contributed by atoms with Crippen LogP contribution < -0.4 is 5.32 Å². The molecule has 37 heavy (non-hydrogen) atoms. The van der Waals surface area contributed by atoms with Crippen molar-refractivity contribution in [1.29, 1.82) is 5.26 Å². The maximum absolute atomic E-state index is 14.6. The number of halogens is 4. The second kappa shape index (κ2) is 10.3. The van der Waals surface area contributed by atoms with Gasteiger partial charge < -0.3 is 10.3 Å². The molecule has 5 rings (SSSR count). The van der Waals surface area contributed by atoms with E-state index in [1.165, 1.54) is 36.9 Å². The van der Waals surface area contributed by atoms with Crippen molar-refractivity contribution in [3.8, 4) is 22.9 Å². The number of benzene rings is 1. The predicted molar refractivity (Wildman–Crippen MR) is 134 cm³/mol. The molecule has 5 aromatic rings. The number of alkyl halides is 3. The van der Waals surface area contributed by atoms with E-state index in [2.05, 4.69) is 31.4 Å². The highest BCUT2D eigenvalue weighted by Gasteiger charge is 2.34. The summed E-state index contributed by atoms with van der Waals surface area (Å²) >= 11 is 0. The van der Waals surface area contributed by atoms with Crippen LogP contribution in [-0.4, -0.2) is 31.3 Å². The molecule has 0 aliphatic heterocycles. The first kappa shape index (κ1) is 25.6. The number of nitrogens with zero attached hydrogens (tertiary/aromatic N) is 5. The molecule has 0 bridgehead atoms. The molecule has 11 heteroatoms. The lowest BCUT2D eigenvalue weighted by Crippen LogP contribution is -2.08. The number of fused-ring (bicyclic) bond motifs is 3. The third kappa shape index (κ3) is 4.82. The van der Waals surface area contributed by atoms with Gasteiger partial charge in [-0.3, -0.25) is 4.98 Å². The van der Waals surface area contributed by atoms with E-state index in [-0.39, 0.29) is 12.1 Å². The SMILES string of the molecule is CC.CCNc1cc(F)cc2c1[nH]c1ncc(-c3cncc(CC#N)c3)c(-n3ccc(C(F)(F)F)n3)c12. The Bertz CT molecular complexity index is 1610. The predicted octanol–water partition coefficient (Wildman–Crippen LogP) is 6.65. The summed E-state index contributed by atoms with van der Waals surface area (Å²) in [5.41, 5.74) is 2.22. The molecular weight excluding hydrogens is 486 g/mol. The third-order valence-corrected chi connectivity index (χ3v) is 5.53. The molecule has 0 fully saturated rings. The van der Waals surface area contributed by atoms with Gasteiger partial charge in [0.15, 0.2) is 5.69 Å². The summed E-state index contributed by atoms with van der Waals surface area (Å²) in [5.74, 6) is -0.514. The molecule has 0 amide bonds. The highest BCUT2D eigenvalue weighted by atomic mass is 19.4. The van der Waals surface area contributed by atoms with Gasteiger partial charge in [-0.05, 0) is 36.8 Å². The molecule has 7 nitrogen and oxygen atoms in total. The van der Waals surface area contributed by atoms with Gasteiger partial charge in [0, 0.05) is 47.8 Å². The zero-order valence-corrected chi connectivity index (χ0v) is 20.3. The van der Waals surface area contributed by atoms with E-state index in [9.17, 15) is 17.6 Å². The summed E-state index contributed by atoms with van der Waals surface area (Å²) in [7, 11) is 0. The van der Waals surface area contributed by atoms with Crippen molar-refractivity contribution < 1.29 is 17.6 Å². The Morgan fingerprint density at radius 2 is 1.92 bits per heavy atom. The topological polar surface area (TPSA) is 95.2 Å². The van der Waals surface area contributed by atoms with E-state index >= 15 is 0 Å². The lowest BCUT2D eigenvalue weighted by atomic mass is 10.0. The summed E-state index contributed by atoms with van der Waals surface area (Å²) in [6, 6.07) is 7.29. The fourth-order valence-corrected chi connectivity index (χ4v) is 4.11. The van der Waals surface area contributed by atoms with Crippen LogP contribution in [0, 0.1) is 17.1 Å². The number of aromatic amines is 1. The molecule has 0 aliphatic rings. The second-order valence-corrected chi connectivity index (χ2v) is 7.84. The van der Waals surface area contributed by atoms with Crippen molar-refractivity contribution in [2.45, 2.75) is 33.4 Å². The van der Waals surface area contributed by atoms with Gasteiger partial charge in [0.2, 0.25) is 0 Å². The molecule has 4 heterocycles. The van der Waals surface area contributed by atoms with Gasteiger partial charge in [0.25, 0.3) is 0 Å². The third-order valence-electron chi connectivity index (χ3n) is 5.53. The molecule has 0 radical (unpaired) electrons. The number of rotatable bonds is 5. The van der Waals surface area contributed by atoms with Gasteiger partial charge in [-0.2, -0.15) is 23.5 Å². The van der Waals surface area contributed by atoms with Crippen molar-refractivity contribution in [2.24, 2.45) is 0 Å². The van der Waals surface area contributed by atoms with Gasteiger partial charge >= 0.3 is 6.18 Å². The Labute approximate surface area is 209 Å². The van der Waals surface area contributed by atoms with Crippen LogP contribution in [0.4, 0.5) is 23.2 Å². The maximum Gasteiger partial charge on any atom is 0.435 e. The van der Waals surface area contributed by atoms with Crippen LogP contribution in [0.3, 0.4) is 0 Å². The summed E-state index contributed by atoms with van der Waals surface area (Å²) in [5, 5.41) is 16.8. The van der Waals surface area contributed by atoms with E-state index in [1.54, 1.807) is 6.07 Å². The van der Waals surface area contributed by atoms with Crippen LogP contribution in [0.2, 0.25) is 0 Å². The molecule has 0 atom stereocenters. The summed E-state index contributed by atoms with van der Waals surface area (Å²) in [6.45, 7) is 6.40. The van der Waals surface area contributed by atoms with Crippen molar-refractivity contribution >= 4 is 27.6 Å². The van der Waals surface area contributed by atoms with Crippen molar-refractivity contribution in [3.63, 3.8) is 0 Å². The van der Waals surface area contributed by atoms with Crippen LogP contribution >= 0.6 is 0 Å². The average molecular weight is 510 g/mol. The number of anilines is 1. The number of hydrogen-bond donors (Lipinski definition) is 2. The molecule has 0 saturated carbocycles. The molecule has 0 saturated heterocycles. The molecular formula is C26H23F4N7. The first-order chi connectivity index (χ1) is 17.8. The van der Waals surface area contributed by atoms with Crippen LogP contribution in [0.1, 0.15) is 32.0 Å². The Morgan fingerprint density at radius 1 is 1.14 bits per heavy atom. The van der Waals surface area contributed by atoms with E-state index < -0.39 is 17.7 Å². The monoisotopic (exact) mass is 509 g/mol. The fraction of sp³-hybridized carbons (Fsp3) is 0.231. The smallest absolute Gasteiger partial charge is 0.384 e. The molecule has 0 spiro atoms. The zero-order chi connectivity index (χ0) is 26.7. The lowest BCUT2D eigenvalue weighted by molar-refractivity contribution is -0.141. The largest absolute Gasteiger partial charge is 0.435 e. The van der Waals surface area contributed by atoms with E-state index in [0.29, 0.717) is 50.9 Å². The number of nitriles is 1. The zero-order valence-electron chi connectivity index (χ0n) is 20.3. The van der Waals surface area contributed by atoms with Crippen molar-refractivity contribution in [2.75, 3.05) is 11.9 Å². The molecule has 4 aromatic heterocycles. The number of H-pyrrole nitrogens is 1. The minimum Gasteiger partial charge on any atom is -0.384 e. The standard InChI is InChI=1S/C24H17F4N7.C2H6/c1-2-31-18-9-15(25)8-16-20-22(35-6-4-19(34-35)24(26,27)28)17(12-32-23(20)33-21(16)18)14-7-13(3-5-29)10-30-11-14;1-2/h4,6-12,31H,2-3H2,1H3,(H,32,33);1-2H3. The molecule has 0 aliphatic carbocycles. The maximum atomic E-state index is 14.6. The highest BCUT2D eigenvalue weighted by molar-refractivity contribution is 6.15. The highest BCUT2D eigenvalue weighted by Crippen LogP contribution is 2.39. The Kier molecular flexibility index (Phi) is 7.11. The Morgan fingerprint density at radius 3 is 2.59 bits per heavy atom. The normalized spacial score (nSPS) is 11.3. The fourth-order valence-electron chi connectivity index (χ4n) is 4.11. The molecule has 0 unspecified atom stereocenters. The van der Waals surface area contributed by atoms with Gasteiger partial charge in [0.05, 0.1) is 34.8 Å². The van der Waals surface area contributed by atoms with Gasteiger partial charge in [-0.25, -0.2) is 14.1 Å². The van der Waals surface area contributed by atoms with Gasteiger partial charge in [-0.1, -0.05) is 13.8 Å². The number of nitrogens with one attached hydrogen (secondary N) is 2. The van der Waals surface area contributed by atoms with Crippen molar-refractivity contribution in [1.82, 2.24) is 24.7 Å². The van der Waals surface area contributed by atoms with Crippen LogP contribution in [0.5, 0.6) is 0 Å². The average Bonchev–Trinajstić information content (AvgIpc) is 3.51. The Hall–Kier alpha value is -4.46. The molecule has 2 N–H and O–H groups in total. The van der Waals surface area contributed by atoms with Gasteiger partial charge in [-0.15, -0.1) is 0 Å². The first-order valence-corrected chi connectivity index (χ1v) is 11.6. The number of aromatic nitrogens is 5. The minimum absolute atomic E-state index is 0.107. The second-order valence-electron chi connectivity index (χ2n) is 7.84. The molecule has 1 aromatic carbocycles. The quantitative estimate of drug-likeness (QED) is 0.259. The summed E-state index contributed by atoms with van der Waals surface area (Å²) < 4.78 is 55.9. The van der Waals surface area contributed by atoms with Gasteiger partial charge in [0.1, 0.15) is 11.5 Å². The van der Waals surface area contributed by atoms with E-state index in [1.807, 2.05) is 20.8 Å². The minimum atomic E-state index is -4.64. The molecule has 190 valence electrons. The number of pyridine rings is 2. The first-order valence-electron chi connectivity index (χ1n) is 11.6. The van der Waals surface area contributed by atoms with Crippen molar-refractivity contribution in [3.05, 3.63) is 66.1 Å². The number of hydrogen-bond acceptors (Lipinski definition) is 5. The van der Waals surface area contributed by atoms with E-state index in [0.717, 1.165) is 10.7 Å². The Balaban J connectivity index is 0.00000156. The summed E-state index contributed by atoms with van der Waals surface area (Å²) in [4.78, 5) is 11.8. The van der Waals surface area contributed by atoms with E-state index in [4.69, 9.17) is 5.26 Å².